The summed E-state index contributed by atoms with van der Waals surface area (Å²) in [5.74, 6) is -2.44. The van der Waals surface area contributed by atoms with Crippen molar-refractivity contribution in [3.63, 3.8) is 0 Å². The Hall–Kier alpha value is -5.54. The summed E-state index contributed by atoms with van der Waals surface area (Å²) in [6, 6.07) is 18.9. The van der Waals surface area contributed by atoms with Gasteiger partial charge in [0.15, 0.2) is 0 Å². The van der Waals surface area contributed by atoms with Crippen molar-refractivity contribution in [1.82, 2.24) is 29.6 Å². The number of nitrogens with one attached hydrogen (secondary N) is 2. The SMILES string of the molecule is C/C=C/c1ccc2n(c1=O)C[C@H]1[C@H](CO)[C@@H](C(=O)NCc3ccc(F)cc3)[C@@H]2N1CCC.C/C=C\c1ccc2n(c1=O)C[C@H]1[C@H](CO)[C@@H](C(=O)NCc3ccc(F)cc3)[C@@H]2N1CCC. The van der Waals surface area contributed by atoms with Crippen LogP contribution in [0.1, 0.15) is 86.3 Å². The standard InChI is InChI=1S/2C25H30FN3O3/c2*1-3-5-17-8-11-20-23-22(24(31)27-13-16-6-9-18(26)10-7-16)19(15-30)21(28(23)12-4-2)14-29(20)25(17)32/h2*3,5-11,19,21-23,30H,4,12-15H2,1-2H3,(H,27,31)/b5-3+;5-3-/t2*19-,21-,22+,23+/m00/s1. The number of hydrogen-bond donors (Lipinski definition) is 4. The van der Waals surface area contributed by atoms with Gasteiger partial charge >= 0.3 is 0 Å². The number of hydrogen-bond acceptors (Lipinski definition) is 8. The highest BCUT2D eigenvalue weighted by atomic mass is 19.1. The number of carbonyl (C=O) groups is 2. The molecule has 0 spiro atoms. The lowest BCUT2D eigenvalue weighted by Gasteiger charge is -2.38. The Labute approximate surface area is 372 Å². The zero-order valence-corrected chi connectivity index (χ0v) is 37.0. The second kappa shape index (κ2) is 20.5. The number of aliphatic hydroxyl groups excluding tert-OH is 2. The van der Waals surface area contributed by atoms with Gasteiger partial charge in [-0.2, -0.15) is 0 Å². The fraction of sp³-hybridized carbons (Fsp3) is 0.440. The lowest BCUT2D eigenvalue weighted by Crippen LogP contribution is -2.47. The van der Waals surface area contributed by atoms with E-state index in [4.69, 9.17) is 0 Å². The molecule has 2 aromatic carbocycles. The van der Waals surface area contributed by atoms with Crippen LogP contribution in [-0.4, -0.2) is 79.3 Å². The molecule has 0 aliphatic carbocycles. The first kappa shape index (κ1) is 46.5. The number of aliphatic hydroxyl groups is 2. The molecule has 0 radical (unpaired) electrons. The van der Waals surface area contributed by atoms with E-state index in [0.29, 0.717) is 24.2 Å². The van der Waals surface area contributed by atoms with E-state index >= 15 is 0 Å². The van der Waals surface area contributed by atoms with Crippen molar-refractivity contribution < 1.29 is 28.6 Å². The summed E-state index contributed by atoms with van der Waals surface area (Å²) in [6.45, 7) is 10.8. The monoisotopic (exact) mass is 878 g/mol. The van der Waals surface area contributed by atoms with Gasteiger partial charge in [0, 0.05) is 85.8 Å². The van der Waals surface area contributed by atoms with Crippen molar-refractivity contribution in [2.24, 2.45) is 23.7 Å². The van der Waals surface area contributed by atoms with Crippen molar-refractivity contribution in [2.75, 3.05) is 26.3 Å². The van der Waals surface area contributed by atoms with E-state index in [1.54, 1.807) is 45.6 Å². The minimum atomic E-state index is -0.474. The number of halogens is 2. The highest BCUT2D eigenvalue weighted by molar-refractivity contribution is 5.81. The van der Waals surface area contributed by atoms with Gasteiger partial charge in [0.25, 0.3) is 11.1 Å². The minimum absolute atomic E-state index is 0.0594. The Balaban J connectivity index is 0.000000191. The zero-order chi connectivity index (χ0) is 45.7. The molecule has 4 bridgehead atoms. The number of rotatable bonds is 14. The van der Waals surface area contributed by atoms with Gasteiger partial charge in [0.05, 0.1) is 23.9 Å². The molecule has 64 heavy (non-hydrogen) atoms. The Morgan fingerprint density at radius 2 is 1.00 bits per heavy atom. The molecule has 14 heteroatoms. The Morgan fingerprint density at radius 3 is 1.33 bits per heavy atom. The maximum Gasteiger partial charge on any atom is 0.258 e. The number of carbonyl (C=O) groups excluding carboxylic acids is 2. The van der Waals surface area contributed by atoms with Crippen LogP contribution in [0.15, 0.2) is 94.5 Å². The lowest BCUT2D eigenvalue weighted by molar-refractivity contribution is -0.128. The molecule has 0 unspecified atom stereocenters. The van der Waals surface area contributed by atoms with Crippen LogP contribution < -0.4 is 21.8 Å². The summed E-state index contributed by atoms with van der Waals surface area (Å²) in [7, 11) is 0. The summed E-state index contributed by atoms with van der Waals surface area (Å²) in [4.78, 5) is 57.5. The van der Waals surface area contributed by atoms with Crippen LogP contribution in [0.5, 0.6) is 0 Å². The quantitative estimate of drug-likeness (QED) is 0.131. The van der Waals surface area contributed by atoms with Crippen molar-refractivity contribution in [1.29, 1.82) is 0 Å². The third-order valence-electron chi connectivity index (χ3n) is 13.4. The summed E-state index contributed by atoms with van der Waals surface area (Å²) in [5, 5.41) is 26.5. The van der Waals surface area contributed by atoms with Gasteiger partial charge in [-0.3, -0.25) is 29.0 Å². The number of fused-ring (bicyclic) bond motifs is 8. The first-order valence-corrected chi connectivity index (χ1v) is 22.5. The molecule has 4 aromatic rings. The van der Waals surface area contributed by atoms with Crippen LogP contribution >= 0.6 is 0 Å². The van der Waals surface area contributed by atoms with E-state index in [-0.39, 0.29) is 96.9 Å². The molecule has 4 aliphatic rings. The molecule has 2 saturated heterocycles. The predicted octanol–water partition coefficient (Wildman–Crippen LogP) is 5.42. The van der Waals surface area contributed by atoms with Crippen molar-refractivity contribution in [2.45, 2.75) is 90.9 Å². The second-order valence-electron chi connectivity index (χ2n) is 17.2. The van der Waals surface area contributed by atoms with E-state index in [9.17, 15) is 38.2 Å². The van der Waals surface area contributed by atoms with Gasteiger partial charge in [0.1, 0.15) is 11.6 Å². The van der Waals surface area contributed by atoms with Crippen molar-refractivity contribution >= 4 is 24.0 Å². The maximum absolute atomic E-state index is 13.4. The van der Waals surface area contributed by atoms with Crippen LogP contribution in [0.2, 0.25) is 0 Å². The van der Waals surface area contributed by atoms with Crippen LogP contribution in [0.4, 0.5) is 8.78 Å². The minimum Gasteiger partial charge on any atom is -0.396 e. The first-order valence-electron chi connectivity index (χ1n) is 22.5. The fourth-order valence-electron chi connectivity index (χ4n) is 10.6. The number of pyridine rings is 2. The largest absolute Gasteiger partial charge is 0.396 e. The van der Waals surface area contributed by atoms with Crippen molar-refractivity contribution in [3.8, 4) is 0 Å². The second-order valence-corrected chi connectivity index (χ2v) is 17.2. The smallest absolute Gasteiger partial charge is 0.258 e. The van der Waals surface area contributed by atoms with E-state index < -0.39 is 11.8 Å². The van der Waals surface area contributed by atoms with Crippen LogP contribution in [0.3, 0.4) is 0 Å². The Bertz CT molecular complexity index is 2300. The molecule has 2 aromatic heterocycles. The molecule has 8 rings (SSSR count). The molecule has 340 valence electrons. The van der Waals surface area contributed by atoms with Crippen LogP contribution in [-0.2, 0) is 35.8 Å². The number of amides is 2. The summed E-state index contributed by atoms with van der Waals surface area (Å²) in [6.07, 6.45) is 9.10. The topological polar surface area (TPSA) is 149 Å². The van der Waals surface area contributed by atoms with Gasteiger partial charge in [-0.1, -0.05) is 62.4 Å². The molecular formula is C50H60F2N6O6. The summed E-state index contributed by atoms with van der Waals surface area (Å²) < 4.78 is 29.9. The average Bonchev–Trinajstić information content (AvgIpc) is 3.64. The van der Waals surface area contributed by atoms with E-state index in [1.807, 2.05) is 50.3 Å². The molecule has 4 N–H and O–H groups in total. The van der Waals surface area contributed by atoms with E-state index in [2.05, 4.69) is 34.3 Å². The predicted molar refractivity (Wildman–Crippen MR) is 242 cm³/mol. The molecule has 8 atom stereocenters. The molecule has 2 amide bonds. The Kier molecular flexibility index (Phi) is 14.9. The van der Waals surface area contributed by atoms with E-state index in [1.165, 1.54) is 24.3 Å². The van der Waals surface area contributed by atoms with Gasteiger partial charge in [-0.25, -0.2) is 8.78 Å². The molecule has 12 nitrogen and oxygen atoms in total. The van der Waals surface area contributed by atoms with Gasteiger partial charge in [-0.05, 0) is 99.4 Å². The van der Waals surface area contributed by atoms with Crippen LogP contribution in [0.25, 0.3) is 12.2 Å². The molecule has 0 saturated carbocycles. The van der Waals surface area contributed by atoms with Gasteiger partial charge in [0.2, 0.25) is 11.8 Å². The normalized spacial score (nSPS) is 24.6. The Morgan fingerprint density at radius 1 is 0.625 bits per heavy atom. The number of nitrogens with zero attached hydrogens (tertiary/aromatic N) is 4. The van der Waals surface area contributed by atoms with Crippen molar-refractivity contribution in [3.05, 3.63) is 151 Å². The number of aromatic nitrogens is 2. The number of benzene rings is 2. The lowest BCUT2D eigenvalue weighted by atomic mass is 9.86. The summed E-state index contributed by atoms with van der Waals surface area (Å²) >= 11 is 0. The van der Waals surface area contributed by atoms with Gasteiger partial charge in [-0.15, -0.1) is 0 Å². The first-order chi connectivity index (χ1) is 31.0. The fourth-order valence-corrected chi connectivity index (χ4v) is 10.6. The molecule has 4 aliphatic heterocycles. The maximum atomic E-state index is 13.4. The molecular weight excluding hydrogens is 819 g/mol. The third kappa shape index (κ3) is 9.06. The average molecular weight is 879 g/mol. The molecule has 2 fully saturated rings. The van der Waals surface area contributed by atoms with Crippen LogP contribution in [0, 0.1) is 35.3 Å². The zero-order valence-electron chi connectivity index (χ0n) is 37.0. The highest BCUT2D eigenvalue weighted by Gasteiger charge is 2.56. The number of allylic oxidation sites excluding steroid dienone is 2. The molecule has 6 heterocycles. The van der Waals surface area contributed by atoms with E-state index in [0.717, 1.165) is 48.4 Å². The van der Waals surface area contributed by atoms with Gasteiger partial charge < -0.3 is 30.0 Å². The third-order valence-corrected chi connectivity index (χ3v) is 13.4. The highest BCUT2D eigenvalue weighted by Crippen LogP contribution is 2.49. The summed E-state index contributed by atoms with van der Waals surface area (Å²) in [5.41, 5.74) is 4.39.